The zero-order valence-electron chi connectivity index (χ0n) is 11.9. The van der Waals surface area contributed by atoms with Crippen molar-refractivity contribution in [3.63, 3.8) is 0 Å². The number of hydrogen-bond acceptors (Lipinski definition) is 4. The summed E-state index contributed by atoms with van der Waals surface area (Å²) in [4.78, 5) is 10.6. The van der Waals surface area contributed by atoms with Gasteiger partial charge in [-0.2, -0.15) is 0 Å². The van der Waals surface area contributed by atoms with Gasteiger partial charge < -0.3 is 5.32 Å². The standard InChI is InChI=1S/C15H15ClN2O3S/c1-22(21)10-11-6-7-13(16)14(8-11)17-9-12-4-2-3-5-15(12)18(19)20/h2-8,17H,9-10H2,1H3/t22-/m1/s1. The van der Waals surface area contributed by atoms with Crippen LogP contribution in [-0.2, 0) is 23.1 Å². The summed E-state index contributed by atoms with van der Waals surface area (Å²) in [6.07, 6.45) is 1.63. The van der Waals surface area contributed by atoms with Gasteiger partial charge in [0.15, 0.2) is 0 Å². The van der Waals surface area contributed by atoms with E-state index in [2.05, 4.69) is 5.32 Å². The van der Waals surface area contributed by atoms with Crippen molar-refractivity contribution in [2.24, 2.45) is 0 Å². The summed E-state index contributed by atoms with van der Waals surface area (Å²) in [5.74, 6) is 0.442. The minimum absolute atomic E-state index is 0.0666. The summed E-state index contributed by atoms with van der Waals surface area (Å²) in [5, 5.41) is 14.6. The highest BCUT2D eigenvalue weighted by atomic mass is 35.5. The van der Waals surface area contributed by atoms with Gasteiger partial charge in [-0.3, -0.25) is 14.3 Å². The highest BCUT2D eigenvalue weighted by Crippen LogP contribution is 2.26. The van der Waals surface area contributed by atoms with Gasteiger partial charge in [0.2, 0.25) is 0 Å². The van der Waals surface area contributed by atoms with Crippen LogP contribution in [0.15, 0.2) is 42.5 Å². The Morgan fingerprint density at radius 2 is 2.00 bits per heavy atom. The number of nitrogens with zero attached hydrogens (tertiary/aromatic N) is 1. The zero-order chi connectivity index (χ0) is 16.1. The lowest BCUT2D eigenvalue weighted by Gasteiger charge is -2.10. The molecule has 22 heavy (non-hydrogen) atoms. The van der Waals surface area contributed by atoms with Crippen molar-refractivity contribution < 1.29 is 9.13 Å². The smallest absolute Gasteiger partial charge is 0.274 e. The average molecular weight is 339 g/mol. The normalized spacial score (nSPS) is 11.9. The summed E-state index contributed by atoms with van der Waals surface area (Å²) in [6, 6.07) is 11.9. The van der Waals surface area contributed by atoms with Gasteiger partial charge in [-0.25, -0.2) is 0 Å². The molecule has 2 rings (SSSR count). The van der Waals surface area contributed by atoms with Gasteiger partial charge in [0.1, 0.15) is 0 Å². The van der Waals surface area contributed by atoms with Crippen LogP contribution in [0.1, 0.15) is 11.1 Å². The Morgan fingerprint density at radius 3 is 2.68 bits per heavy atom. The monoisotopic (exact) mass is 338 g/mol. The Bertz CT molecular complexity index is 722. The molecule has 0 bridgehead atoms. The number of benzene rings is 2. The number of anilines is 1. The molecule has 0 unspecified atom stereocenters. The molecule has 0 aliphatic heterocycles. The molecule has 7 heteroatoms. The second-order valence-electron chi connectivity index (χ2n) is 4.77. The highest BCUT2D eigenvalue weighted by molar-refractivity contribution is 7.83. The van der Waals surface area contributed by atoms with Crippen molar-refractivity contribution in [2.45, 2.75) is 12.3 Å². The van der Waals surface area contributed by atoms with Gasteiger partial charge in [-0.05, 0) is 17.7 Å². The van der Waals surface area contributed by atoms with Crippen molar-refractivity contribution in [3.05, 3.63) is 68.7 Å². The molecule has 2 aromatic carbocycles. The maximum absolute atomic E-state index is 11.3. The molecule has 0 amide bonds. The maximum atomic E-state index is 11.3. The van der Waals surface area contributed by atoms with E-state index in [1.807, 2.05) is 12.1 Å². The van der Waals surface area contributed by atoms with Crippen LogP contribution in [0.3, 0.4) is 0 Å². The van der Waals surface area contributed by atoms with E-state index in [1.165, 1.54) is 6.07 Å². The molecule has 0 aliphatic rings. The number of para-hydroxylation sites is 1. The average Bonchev–Trinajstić information content (AvgIpc) is 2.47. The number of nitrogens with one attached hydrogen (secondary N) is 1. The van der Waals surface area contributed by atoms with Gasteiger partial charge in [0, 0.05) is 41.0 Å². The second kappa shape index (κ2) is 7.38. The van der Waals surface area contributed by atoms with E-state index in [4.69, 9.17) is 11.6 Å². The molecule has 0 spiro atoms. The Labute approximate surface area is 135 Å². The molecule has 0 aromatic heterocycles. The third kappa shape index (κ3) is 4.29. The number of rotatable bonds is 6. The molecule has 5 nitrogen and oxygen atoms in total. The first kappa shape index (κ1) is 16.5. The highest BCUT2D eigenvalue weighted by Gasteiger charge is 2.12. The molecule has 0 fully saturated rings. The quantitative estimate of drug-likeness (QED) is 0.643. The lowest BCUT2D eigenvalue weighted by atomic mass is 10.1. The van der Waals surface area contributed by atoms with E-state index >= 15 is 0 Å². The van der Waals surface area contributed by atoms with E-state index in [9.17, 15) is 14.3 Å². The summed E-state index contributed by atoms with van der Waals surface area (Å²) >= 11 is 6.13. The van der Waals surface area contributed by atoms with Crippen LogP contribution < -0.4 is 5.32 Å². The first-order chi connectivity index (χ1) is 10.5. The minimum Gasteiger partial charge on any atom is -0.379 e. The fourth-order valence-corrected chi connectivity index (χ4v) is 2.89. The predicted octanol–water partition coefficient (Wildman–Crippen LogP) is 3.74. The number of halogens is 1. The van der Waals surface area contributed by atoms with Crippen LogP contribution in [0.5, 0.6) is 0 Å². The molecule has 116 valence electrons. The maximum Gasteiger partial charge on any atom is 0.274 e. The Balaban J connectivity index is 2.18. The van der Waals surface area contributed by atoms with Crippen molar-refractivity contribution in [3.8, 4) is 0 Å². The van der Waals surface area contributed by atoms with Gasteiger partial charge in [0.05, 0.1) is 15.6 Å². The fraction of sp³-hybridized carbons (Fsp3) is 0.200. The van der Waals surface area contributed by atoms with Crippen LogP contribution >= 0.6 is 11.6 Å². The van der Waals surface area contributed by atoms with Gasteiger partial charge >= 0.3 is 0 Å². The SMILES string of the molecule is C[S@@](=O)Cc1ccc(Cl)c(NCc2ccccc2[N+](=O)[O-])c1. The molecule has 1 N–H and O–H groups in total. The van der Waals surface area contributed by atoms with E-state index in [-0.39, 0.29) is 12.2 Å². The van der Waals surface area contributed by atoms with Crippen LogP contribution in [0, 0.1) is 10.1 Å². The minimum atomic E-state index is -0.941. The lowest BCUT2D eigenvalue weighted by molar-refractivity contribution is -0.385. The Hall–Kier alpha value is -1.92. The molecule has 2 aromatic rings. The molecule has 0 radical (unpaired) electrons. The lowest BCUT2D eigenvalue weighted by Crippen LogP contribution is -2.04. The topological polar surface area (TPSA) is 72.2 Å². The fourth-order valence-electron chi connectivity index (χ4n) is 2.06. The summed E-state index contributed by atoms with van der Waals surface area (Å²) in [7, 11) is -0.941. The first-order valence-electron chi connectivity index (χ1n) is 6.52. The van der Waals surface area contributed by atoms with Crippen molar-refractivity contribution in [2.75, 3.05) is 11.6 Å². The first-order valence-corrected chi connectivity index (χ1v) is 8.62. The third-order valence-corrected chi connectivity index (χ3v) is 4.13. The zero-order valence-corrected chi connectivity index (χ0v) is 13.5. The van der Waals surface area contributed by atoms with Gasteiger partial charge in [0.25, 0.3) is 5.69 Å². The molecule has 0 heterocycles. The van der Waals surface area contributed by atoms with Crippen LogP contribution in [-0.4, -0.2) is 15.4 Å². The predicted molar refractivity (Wildman–Crippen MR) is 89.6 cm³/mol. The van der Waals surface area contributed by atoms with E-state index in [0.717, 1.165) is 5.56 Å². The largest absolute Gasteiger partial charge is 0.379 e. The summed E-state index contributed by atoms with van der Waals surface area (Å²) < 4.78 is 11.3. The summed E-state index contributed by atoms with van der Waals surface area (Å²) in [6.45, 7) is 0.287. The van der Waals surface area contributed by atoms with Gasteiger partial charge in [-0.15, -0.1) is 0 Å². The molecular weight excluding hydrogens is 324 g/mol. The second-order valence-corrected chi connectivity index (χ2v) is 6.61. The summed E-state index contributed by atoms with van der Waals surface area (Å²) in [5.41, 5.74) is 2.21. The van der Waals surface area contributed by atoms with Gasteiger partial charge in [-0.1, -0.05) is 35.9 Å². The third-order valence-electron chi connectivity index (χ3n) is 3.06. The Morgan fingerprint density at radius 1 is 1.27 bits per heavy atom. The van der Waals surface area contributed by atoms with Crippen LogP contribution in [0.2, 0.25) is 5.02 Å². The Kier molecular flexibility index (Phi) is 5.51. The molecule has 0 saturated heterocycles. The van der Waals surface area contributed by atoms with Crippen LogP contribution in [0.4, 0.5) is 11.4 Å². The van der Waals surface area contributed by atoms with Crippen molar-refractivity contribution in [1.82, 2.24) is 0 Å². The van der Waals surface area contributed by atoms with Crippen molar-refractivity contribution in [1.29, 1.82) is 0 Å². The van der Waals surface area contributed by atoms with E-state index in [1.54, 1.807) is 30.5 Å². The van der Waals surface area contributed by atoms with Crippen molar-refractivity contribution >= 4 is 33.8 Å². The molecule has 0 aliphatic carbocycles. The molecule has 0 saturated carbocycles. The molecule has 1 atom stereocenters. The number of nitro benzene ring substituents is 1. The number of nitro groups is 1. The van der Waals surface area contributed by atoms with Crippen LogP contribution in [0.25, 0.3) is 0 Å². The molecular formula is C15H15ClN2O3S. The van der Waals surface area contributed by atoms with E-state index in [0.29, 0.717) is 22.0 Å². The van der Waals surface area contributed by atoms with E-state index < -0.39 is 15.7 Å². The number of hydrogen-bond donors (Lipinski definition) is 1.